The first-order valence-corrected chi connectivity index (χ1v) is 3.70. The summed E-state index contributed by atoms with van der Waals surface area (Å²) in [6.07, 6.45) is -1.47. The Morgan fingerprint density at radius 2 is 1.86 bits per heavy atom. The Kier molecular flexibility index (Phi) is 6.11. The van der Waals surface area contributed by atoms with Crippen molar-refractivity contribution in [3.8, 4) is 5.75 Å². The van der Waals surface area contributed by atoms with Gasteiger partial charge in [0, 0.05) is 0 Å². The van der Waals surface area contributed by atoms with Crippen molar-refractivity contribution in [3.05, 3.63) is 29.8 Å². The monoisotopic (exact) mass is 224 g/mol. The molecule has 2 N–H and O–H groups in total. The van der Waals surface area contributed by atoms with Crippen molar-refractivity contribution in [2.75, 3.05) is 7.11 Å². The molecule has 4 nitrogen and oxygen atoms in total. The van der Waals surface area contributed by atoms with Crippen LogP contribution in [0.1, 0.15) is 11.7 Å². The molecule has 0 aromatic heterocycles. The third-order valence-electron chi connectivity index (χ3n) is 1.67. The summed E-state index contributed by atoms with van der Waals surface area (Å²) in [5, 5.41) is 17.6. The minimum atomic E-state index is -1.47. The maximum absolute atomic E-state index is 10.4. The zero-order valence-electron chi connectivity index (χ0n) is 7.10. The van der Waals surface area contributed by atoms with E-state index in [1.54, 1.807) is 12.1 Å². The molecular weight excluding hydrogens is 212 g/mol. The van der Waals surface area contributed by atoms with Gasteiger partial charge in [-0.05, 0) is 17.7 Å². The fourth-order valence-electron chi connectivity index (χ4n) is 0.929. The van der Waals surface area contributed by atoms with Crippen molar-refractivity contribution in [3.63, 3.8) is 0 Å². The summed E-state index contributed by atoms with van der Waals surface area (Å²) in [5.74, 6) is -0.633. The van der Waals surface area contributed by atoms with Crippen LogP contribution in [-0.4, -0.2) is 61.0 Å². The molecule has 0 bridgehead atoms. The normalized spacial score (nSPS) is 11.3. The molecule has 0 heterocycles. The molecule has 0 unspecified atom stereocenters. The molecule has 1 aromatic rings. The topological polar surface area (TPSA) is 66.8 Å². The third-order valence-corrected chi connectivity index (χ3v) is 1.67. The van der Waals surface area contributed by atoms with Crippen molar-refractivity contribution in [2.24, 2.45) is 0 Å². The van der Waals surface area contributed by atoms with E-state index < -0.39 is 12.1 Å². The van der Waals surface area contributed by atoms with Crippen LogP contribution in [0.25, 0.3) is 0 Å². The van der Waals surface area contributed by atoms with Crippen LogP contribution in [0.4, 0.5) is 0 Å². The first kappa shape index (κ1) is 13.7. The summed E-state index contributed by atoms with van der Waals surface area (Å²) in [4.78, 5) is 10.4. The number of carboxylic acid groups (broad SMARTS) is 1. The molecule has 74 valence electrons. The number of aliphatic hydroxyl groups is 1. The second-order valence-corrected chi connectivity index (χ2v) is 2.51. The van der Waals surface area contributed by atoms with E-state index in [-0.39, 0.29) is 37.7 Å². The van der Waals surface area contributed by atoms with Crippen LogP contribution in [0, 0.1) is 0 Å². The van der Waals surface area contributed by atoms with Gasteiger partial charge in [0.1, 0.15) is 5.75 Å². The molecule has 0 aliphatic carbocycles. The van der Waals surface area contributed by atoms with Crippen molar-refractivity contribution < 1.29 is 19.7 Å². The Morgan fingerprint density at radius 3 is 2.21 bits per heavy atom. The number of hydrogen-bond donors (Lipinski definition) is 2. The number of aliphatic hydroxyl groups excluding tert-OH is 1. The van der Waals surface area contributed by atoms with Gasteiger partial charge in [-0.1, -0.05) is 12.1 Å². The third kappa shape index (κ3) is 3.46. The van der Waals surface area contributed by atoms with Crippen LogP contribution in [0.2, 0.25) is 0 Å². The summed E-state index contributed by atoms with van der Waals surface area (Å²) in [7, 11) is 1.52. The summed E-state index contributed by atoms with van der Waals surface area (Å²) in [5.41, 5.74) is 0.341. The number of carboxylic acids is 1. The van der Waals surface area contributed by atoms with Crippen molar-refractivity contribution in [2.45, 2.75) is 6.10 Å². The van der Waals surface area contributed by atoms with Crippen molar-refractivity contribution >= 4 is 43.7 Å². The summed E-state index contributed by atoms with van der Waals surface area (Å²) < 4.78 is 4.88. The average Bonchev–Trinajstić information content (AvgIpc) is 2.17. The molecule has 0 saturated heterocycles. The molecule has 14 heavy (non-hydrogen) atoms. The van der Waals surface area contributed by atoms with Gasteiger partial charge in [0.15, 0.2) is 6.10 Å². The number of rotatable bonds is 3. The standard InChI is InChI=1S/C9H10O4.Ca.2H/c1-13-7-4-2-6(3-5-7)8(10)9(11)12;;;/h2-5,8,10H,1H3,(H,11,12);;;/t8-;;;/m1.../s1. The molecule has 0 spiro atoms. The molecule has 0 radical (unpaired) electrons. The first-order chi connectivity index (χ1) is 6.15. The van der Waals surface area contributed by atoms with Crippen LogP contribution in [0.3, 0.4) is 0 Å². The number of methoxy groups -OCH3 is 1. The number of carbonyl (C=O) groups is 1. The summed E-state index contributed by atoms with van der Waals surface area (Å²) in [6.45, 7) is 0. The van der Waals surface area contributed by atoms with Gasteiger partial charge in [0.05, 0.1) is 7.11 Å². The van der Waals surface area contributed by atoms with Gasteiger partial charge in [-0.3, -0.25) is 0 Å². The quantitative estimate of drug-likeness (QED) is 0.703. The molecule has 0 amide bonds. The summed E-state index contributed by atoms with van der Waals surface area (Å²) >= 11 is 0. The number of benzene rings is 1. The molecule has 1 atom stereocenters. The Labute approximate surface area is 112 Å². The first-order valence-electron chi connectivity index (χ1n) is 3.70. The summed E-state index contributed by atoms with van der Waals surface area (Å²) in [6, 6.07) is 6.22. The molecule has 0 aliphatic rings. The van der Waals surface area contributed by atoms with E-state index in [0.717, 1.165) is 0 Å². The van der Waals surface area contributed by atoms with E-state index in [9.17, 15) is 4.79 Å². The van der Waals surface area contributed by atoms with E-state index >= 15 is 0 Å². The van der Waals surface area contributed by atoms with Crippen LogP contribution in [0.15, 0.2) is 24.3 Å². The SMILES string of the molecule is COc1ccc([C@@H](O)C(=O)O)cc1.[CaH2]. The van der Waals surface area contributed by atoms with E-state index in [4.69, 9.17) is 14.9 Å². The van der Waals surface area contributed by atoms with Gasteiger partial charge in [-0.2, -0.15) is 0 Å². The fourth-order valence-corrected chi connectivity index (χ4v) is 0.929. The van der Waals surface area contributed by atoms with Gasteiger partial charge in [0.2, 0.25) is 0 Å². The molecule has 0 fully saturated rings. The van der Waals surface area contributed by atoms with Gasteiger partial charge in [0.25, 0.3) is 0 Å². The number of ether oxygens (including phenoxy) is 1. The molecule has 0 saturated carbocycles. The maximum atomic E-state index is 10.4. The van der Waals surface area contributed by atoms with Crippen molar-refractivity contribution in [1.29, 1.82) is 0 Å². The Morgan fingerprint density at radius 1 is 1.36 bits per heavy atom. The molecule has 5 heteroatoms. The number of hydrogen-bond acceptors (Lipinski definition) is 3. The predicted molar refractivity (Wildman–Crippen MR) is 54.1 cm³/mol. The zero-order chi connectivity index (χ0) is 9.84. The molecular formula is C9H12CaO4. The van der Waals surface area contributed by atoms with E-state index in [2.05, 4.69) is 0 Å². The van der Waals surface area contributed by atoms with Gasteiger partial charge < -0.3 is 14.9 Å². The second kappa shape index (κ2) is 6.24. The van der Waals surface area contributed by atoms with Gasteiger partial charge >= 0.3 is 43.7 Å². The Bertz CT molecular complexity index is 296. The zero-order valence-corrected chi connectivity index (χ0v) is 7.10. The predicted octanol–water partition coefficient (Wildman–Crippen LogP) is -0.103. The fraction of sp³-hybridized carbons (Fsp3) is 0.222. The average molecular weight is 224 g/mol. The van der Waals surface area contributed by atoms with Gasteiger partial charge in [-0.15, -0.1) is 0 Å². The molecule has 1 aromatic carbocycles. The van der Waals surface area contributed by atoms with Crippen molar-refractivity contribution in [1.82, 2.24) is 0 Å². The second-order valence-electron chi connectivity index (χ2n) is 2.51. The number of aliphatic carboxylic acids is 1. The van der Waals surface area contributed by atoms with E-state index in [0.29, 0.717) is 11.3 Å². The Balaban J connectivity index is 0.00000169. The van der Waals surface area contributed by atoms with E-state index in [1.165, 1.54) is 19.2 Å². The van der Waals surface area contributed by atoms with E-state index in [1.807, 2.05) is 0 Å². The molecule has 1 rings (SSSR count). The van der Waals surface area contributed by atoms with Crippen LogP contribution < -0.4 is 4.74 Å². The molecule has 0 aliphatic heterocycles. The van der Waals surface area contributed by atoms with Crippen LogP contribution in [0.5, 0.6) is 5.75 Å². The minimum absolute atomic E-state index is 0. The van der Waals surface area contributed by atoms with Crippen LogP contribution in [-0.2, 0) is 4.79 Å². The Hall–Kier alpha value is -0.290. The van der Waals surface area contributed by atoms with Gasteiger partial charge in [-0.25, -0.2) is 4.79 Å². The van der Waals surface area contributed by atoms with Crippen LogP contribution >= 0.6 is 0 Å².